The quantitative estimate of drug-likeness (QED) is 0.643. The zero-order valence-electron chi connectivity index (χ0n) is 9.14. The number of rotatable bonds is 2. The second-order valence-corrected chi connectivity index (χ2v) is 3.57. The number of nitrogen functional groups attached to an aromatic ring is 1. The second kappa shape index (κ2) is 4.21. The Labute approximate surface area is 99.0 Å². The standard InChI is InChI=1S/C10H8F4N4/c1-18-3-6(15)10(17-18)16-9-7(13)4(11)2-5(12)8(9)14/h2-3H,15H2,1H3,(H,16,17). The van der Waals surface area contributed by atoms with Crippen molar-refractivity contribution in [2.45, 2.75) is 0 Å². The van der Waals surface area contributed by atoms with E-state index >= 15 is 0 Å². The molecule has 0 saturated carbocycles. The minimum atomic E-state index is -1.54. The van der Waals surface area contributed by atoms with Gasteiger partial charge in [0.25, 0.3) is 0 Å². The fraction of sp³-hybridized carbons (Fsp3) is 0.100. The first kappa shape index (κ1) is 12.2. The average Bonchev–Trinajstić information content (AvgIpc) is 2.61. The fourth-order valence-electron chi connectivity index (χ4n) is 1.41. The van der Waals surface area contributed by atoms with E-state index in [0.29, 0.717) is 0 Å². The number of benzene rings is 1. The van der Waals surface area contributed by atoms with Crippen LogP contribution in [0, 0.1) is 23.3 Å². The van der Waals surface area contributed by atoms with Crippen LogP contribution in [0.25, 0.3) is 0 Å². The number of nitrogens with two attached hydrogens (primary N) is 1. The maximum atomic E-state index is 13.3. The maximum Gasteiger partial charge on any atom is 0.185 e. The van der Waals surface area contributed by atoms with Gasteiger partial charge in [-0.25, -0.2) is 17.6 Å². The Morgan fingerprint density at radius 1 is 1.17 bits per heavy atom. The van der Waals surface area contributed by atoms with Crippen LogP contribution in [0.3, 0.4) is 0 Å². The molecule has 2 rings (SSSR count). The average molecular weight is 260 g/mol. The number of nitrogens with one attached hydrogen (secondary N) is 1. The highest BCUT2D eigenvalue weighted by Gasteiger charge is 2.20. The predicted octanol–water partition coefficient (Wildman–Crippen LogP) is 2.30. The topological polar surface area (TPSA) is 55.9 Å². The summed E-state index contributed by atoms with van der Waals surface area (Å²) in [6.45, 7) is 0. The van der Waals surface area contributed by atoms with Crippen molar-refractivity contribution in [3.05, 3.63) is 35.5 Å². The predicted molar refractivity (Wildman–Crippen MR) is 57.2 cm³/mol. The fourth-order valence-corrected chi connectivity index (χ4v) is 1.41. The number of hydrogen-bond donors (Lipinski definition) is 2. The number of nitrogens with zero attached hydrogens (tertiary/aromatic N) is 2. The molecule has 0 atom stereocenters. The summed E-state index contributed by atoms with van der Waals surface area (Å²) < 4.78 is 53.9. The molecular formula is C10H8F4N4. The number of aromatic nitrogens is 2. The molecular weight excluding hydrogens is 252 g/mol. The third kappa shape index (κ3) is 1.96. The molecule has 1 aromatic heterocycles. The molecule has 1 heterocycles. The Balaban J connectivity index is 2.49. The Kier molecular flexibility index (Phi) is 2.85. The molecule has 0 radical (unpaired) electrons. The van der Waals surface area contributed by atoms with Crippen LogP contribution in [-0.2, 0) is 7.05 Å². The van der Waals surface area contributed by atoms with Crippen LogP contribution in [0.2, 0.25) is 0 Å². The number of anilines is 3. The van der Waals surface area contributed by atoms with Gasteiger partial charge in [0.2, 0.25) is 0 Å². The molecule has 1 aromatic carbocycles. The van der Waals surface area contributed by atoms with Crippen LogP contribution in [0.1, 0.15) is 0 Å². The molecule has 4 nitrogen and oxygen atoms in total. The van der Waals surface area contributed by atoms with Crippen LogP contribution in [-0.4, -0.2) is 9.78 Å². The molecule has 0 spiro atoms. The van der Waals surface area contributed by atoms with Crippen LogP contribution in [0.4, 0.5) is 34.8 Å². The van der Waals surface area contributed by atoms with Gasteiger partial charge in [-0.3, -0.25) is 4.68 Å². The highest BCUT2D eigenvalue weighted by Crippen LogP contribution is 2.28. The number of hydrogen-bond acceptors (Lipinski definition) is 3. The summed E-state index contributed by atoms with van der Waals surface area (Å²) >= 11 is 0. The van der Waals surface area contributed by atoms with Crippen molar-refractivity contribution in [3.63, 3.8) is 0 Å². The van der Waals surface area contributed by atoms with E-state index in [-0.39, 0.29) is 17.6 Å². The molecule has 18 heavy (non-hydrogen) atoms. The largest absolute Gasteiger partial charge is 0.394 e. The summed E-state index contributed by atoms with van der Waals surface area (Å²) in [5.41, 5.74) is 4.60. The number of halogens is 4. The molecule has 0 aliphatic rings. The van der Waals surface area contributed by atoms with Crippen LogP contribution in [0.5, 0.6) is 0 Å². The third-order valence-electron chi connectivity index (χ3n) is 2.21. The van der Waals surface area contributed by atoms with E-state index in [2.05, 4.69) is 10.4 Å². The summed E-state index contributed by atoms with van der Waals surface area (Å²) in [5.74, 6) is -6.20. The van der Waals surface area contributed by atoms with E-state index in [0.717, 1.165) is 0 Å². The molecule has 3 N–H and O–H groups in total. The monoisotopic (exact) mass is 260 g/mol. The highest BCUT2D eigenvalue weighted by molar-refractivity contribution is 5.68. The summed E-state index contributed by atoms with van der Waals surface area (Å²) in [5, 5.41) is 5.87. The van der Waals surface area contributed by atoms with Gasteiger partial charge in [0, 0.05) is 19.3 Å². The minimum absolute atomic E-state index is 0.0842. The lowest BCUT2D eigenvalue weighted by atomic mass is 10.2. The van der Waals surface area contributed by atoms with E-state index < -0.39 is 29.0 Å². The van der Waals surface area contributed by atoms with Gasteiger partial charge in [0.15, 0.2) is 29.1 Å². The minimum Gasteiger partial charge on any atom is -0.394 e. The smallest absolute Gasteiger partial charge is 0.185 e. The van der Waals surface area contributed by atoms with Crippen molar-refractivity contribution < 1.29 is 17.6 Å². The normalized spacial score (nSPS) is 10.7. The molecule has 0 aliphatic heterocycles. The van der Waals surface area contributed by atoms with E-state index in [4.69, 9.17) is 5.73 Å². The third-order valence-corrected chi connectivity index (χ3v) is 2.21. The SMILES string of the molecule is Cn1cc(N)c(Nc2c(F)c(F)cc(F)c2F)n1. The van der Waals surface area contributed by atoms with Crippen molar-refractivity contribution in [2.75, 3.05) is 11.1 Å². The highest BCUT2D eigenvalue weighted by atomic mass is 19.2. The first-order valence-corrected chi connectivity index (χ1v) is 4.79. The van der Waals surface area contributed by atoms with Gasteiger partial charge < -0.3 is 11.1 Å². The summed E-state index contributed by atoms with van der Waals surface area (Å²) in [6.07, 6.45) is 1.37. The van der Waals surface area contributed by atoms with E-state index in [9.17, 15) is 17.6 Å². The van der Waals surface area contributed by atoms with Crippen LogP contribution >= 0.6 is 0 Å². The van der Waals surface area contributed by atoms with Crippen molar-refractivity contribution >= 4 is 17.2 Å². The summed E-state index contributed by atoms with van der Waals surface area (Å²) in [7, 11) is 1.53. The summed E-state index contributed by atoms with van der Waals surface area (Å²) in [6, 6.07) is 0.123. The van der Waals surface area contributed by atoms with Gasteiger partial charge >= 0.3 is 0 Å². The zero-order valence-corrected chi connectivity index (χ0v) is 9.14. The number of aryl methyl sites for hydroxylation is 1. The first-order valence-electron chi connectivity index (χ1n) is 4.79. The summed E-state index contributed by atoms with van der Waals surface area (Å²) in [4.78, 5) is 0. The molecule has 8 heteroatoms. The van der Waals surface area contributed by atoms with E-state index in [1.807, 2.05) is 0 Å². The lowest BCUT2D eigenvalue weighted by Gasteiger charge is -2.08. The molecule has 2 aromatic rings. The van der Waals surface area contributed by atoms with Crippen LogP contribution in [0.15, 0.2) is 12.3 Å². The Bertz CT molecular complexity index is 582. The van der Waals surface area contributed by atoms with Gasteiger partial charge in [-0.2, -0.15) is 5.10 Å². The molecule has 0 unspecified atom stereocenters. The van der Waals surface area contributed by atoms with Gasteiger partial charge in [-0.15, -0.1) is 0 Å². The van der Waals surface area contributed by atoms with Gasteiger partial charge in [0.1, 0.15) is 5.69 Å². The molecule has 0 bridgehead atoms. The second-order valence-electron chi connectivity index (χ2n) is 3.57. The lowest BCUT2D eigenvalue weighted by molar-refractivity contribution is 0.459. The van der Waals surface area contributed by atoms with Gasteiger partial charge in [-0.1, -0.05) is 0 Å². The maximum absolute atomic E-state index is 13.3. The van der Waals surface area contributed by atoms with Crippen LogP contribution < -0.4 is 11.1 Å². The molecule has 96 valence electrons. The van der Waals surface area contributed by atoms with E-state index in [1.165, 1.54) is 17.9 Å². The van der Waals surface area contributed by atoms with Crippen molar-refractivity contribution in [3.8, 4) is 0 Å². The molecule has 0 saturated heterocycles. The van der Waals surface area contributed by atoms with Crippen molar-refractivity contribution in [1.82, 2.24) is 9.78 Å². The van der Waals surface area contributed by atoms with Crippen molar-refractivity contribution in [1.29, 1.82) is 0 Å². The first-order chi connectivity index (χ1) is 8.40. The Morgan fingerprint density at radius 2 is 1.72 bits per heavy atom. The van der Waals surface area contributed by atoms with Gasteiger partial charge in [0.05, 0.1) is 5.69 Å². The molecule has 0 amide bonds. The van der Waals surface area contributed by atoms with Crippen molar-refractivity contribution in [2.24, 2.45) is 7.05 Å². The Hall–Kier alpha value is -2.25. The molecule has 0 fully saturated rings. The van der Waals surface area contributed by atoms with Gasteiger partial charge in [-0.05, 0) is 0 Å². The molecule has 0 aliphatic carbocycles. The Morgan fingerprint density at radius 3 is 2.17 bits per heavy atom. The lowest BCUT2D eigenvalue weighted by Crippen LogP contribution is -2.04. The zero-order chi connectivity index (χ0) is 13.4. The van der Waals surface area contributed by atoms with E-state index in [1.54, 1.807) is 0 Å².